The summed E-state index contributed by atoms with van der Waals surface area (Å²) in [4.78, 5) is 0. The van der Waals surface area contributed by atoms with Crippen molar-refractivity contribution in [3.8, 4) is 0 Å². The van der Waals surface area contributed by atoms with Crippen molar-refractivity contribution in [2.75, 3.05) is 11.9 Å². The number of nitrogens with one attached hydrogen (secondary N) is 1. The van der Waals surface area contributed by atoms with Crippen molar-refractivity contribution in [3.63, 3.8) is 0 Å². The zero-order valence-corrected chi connectivity index (χ0v) is 9.35. The van der Waals surface area contributed by atoms with Gasteiger partial charge in [0.05, 0.1) is 12.7 Å². The lowest BCUT2D eigenvalue weighted by atomic mass is 9.97. The van der Waals surface area contributed by atoms with E-state index < -0.39 is 0 Å². The summed E-state index contributed by atoms with van der Waals surface area (Å²) < 4.78 is 2.04. The summed E-state index contributed by atoms with van der Waals surface area (Å²) in [5, 5.41) is 7.71. The van der Waals surface area contributed by atoms with Crippen LogP contribution >= 0.6 is 0 Å². The summed E-state index contributed by atoms with van der Waals surface area (Å²) in [6, 6.07) is 10.8. The van der Waals surface area contributed by atoms with E-state index in [1.807, 2.05) is 16.9 Å². The SMILES string of the molecule is Cc1ccc(C2CNc3ccnn3C2)cc1. The molecule has 1 atom stereocenters. The van der Waals surface area contributed by atoms with Gasteiger partial charge in [-0.15, -0.1) is 0 Å². The van der Waals surface area contributed by atoms with Gasteiger partial charge in [-0.25, -0.2) is 4.68 Å². The summed E-state index contributed by atoms with van der Waals surface area (Å²) in [7, 11) is 0. The lowest BCUT2D eigenvalue weighted by molar-refractivity contribution is 0.505. The van der Waals surface area contributed by atoms with Crippen LogP contribution in [0.2, 0.25) is 0 Å². The minimum absolute atomic E-state index is 0.521. The number of benzene rings is 1. The van der Waals surface area contributed by atoms with E-state index in [0.29, 0.717) is 5.92 Å². The molecular weight excluding hydrogens is 198 g/mol. The quantitative estimate of drug-likeness (QED) is 0.788. The number of aryl methyl sites for hydroxylation is 1. The molecule has 0 fully saturated rings. The monoisotopic (exact) mass is 213 g/mol. The van der Waals surface area contributed by atoms with Crippen LogP contribution < -0.4 is 5.32 Å². The Labute approximate surface area is 95.1 Å². The van der Waals surface area contributed by atoms with Crippen LogP contribution in [0.5, 0.6) is 0 Å². The van der Waals surface area contributed by atoms with Gasteiger partial charge in [-0.2, -0.15) is 5.10 Å². The molecule has 1 aliphatic heterocycles. The van der Waals surface area contributed by atoms with Crippen molar-refractivity contribution in [2.24, 2.45) is 0 Å². The van der Waals surface area contributed by atoms with Gasteiger partial charge in [0.2, 0.25) is 0 Å². The first-order valence-corrected chi connectivity index (χ1v) is 5.65. The third kappa shape index (κ3) is 1.58. The Kier molecular flexibility index (Phi) is 2.17. The molecule has 16 heavy (non-hydrogen) atoms. The topological polar surface area (TPSA) is 29.9 Å². The average Bonchev–Trinajstić information content (AvgIpc) is 2.77. The van der Waals surface area contributed by atoms with Crippen LogP contribution in [0.4, 0.5) is 5.82 Å². The minimum Gasteiger partial charge on any atom is -0.370 e. The zero-order chi connectivity index (χ0) is 11.0. The molecule has 3 heteroatoms. The van der Waals surface area contributed by atoms with Crippen molar-refractivity contribution in [1.82, 2.24) is 9.78 Å². The number of rotatable bonds is 1. The number of hydrogen-bond donors (Lipinski definition) is 1. The Balaban J connectivity index is 1.86. The van der Waals surface area contributed by atoms with Crippen molar-refractivity contribution >= 4 is 5.82 Å². The van der Waals surface area contributed by atoms with Gasteiger partial charge < -0.3 is 5.32 Å². The number of nitrogens with zero attached hydrogens (tertiary/aromatic N) is 2. The number of anilines is 1. The van der Waals surface area contributed by atoms with Gasteiger partial charge in [0.1, 0.15) is 5.82 Å². The fourth-order valence-electron chi connectivity index (χ4n) is 2.19. The molecule has 0 aliphatic carbocycles. The Hall–Kier alpha value is -1.77. The van der Waals surface area contributed by atoms with Gasteiger partial charge in [0.15, 0.2) is 0 Å². The van der Waals surface area contributed by atoms with E-state index in [9.17, 15) is 0 Å². The van der Waals surface area contributed by atoms with Gasteiger partial charge in [0.25, 0.3) is 0 Å². The van der Waals surface area contributed by atoms with E-state index in [-0.39, 0.29) is 0 Å². The second kappa shape index (κ2) is 3.67. The van der Waals surface area contributed by atoms with Crippen LogP contribution in [-0.2, 0) is 6.54 Å². The van der Waals surface area contributed by atoms with Crippen LogP contribution in [0.25, 0.3) is 0 Å². The Morgan fingerprint density at radius 3 is 2.88 bits per heavy atom. The van der Waals surface area contributed by atoms with E-state index in [0.717, 1.165) is 18.9 Å². The number of hydrogen-bond acceptors (Lipinski definition) is 2. The van der Waals surface area contributed by atoms with Crippen LogP contribution in [0, 0.1) is 6.92 Å². The second-order valence-corrected chi connectivity index (χ2v) is 4.39. The maximum atomic E-state index is 4.30. The third-order valence-electron chi connectivity index (χ3n) is 3.19. The first kappa shape index (κ1) is 9.46. The fourth-order valence-corrected chi connectivity index (χ4v) is 2.19. The van der Waals surface area contributed by atoms with E-state index in [4.69, 9.17) is 0 Å². The molecule has 0 spiro atoms. The third-order valence-corrected chi connectivity index (χ3v) is 3.19. The molecule has 0 amide bonds. The lowest BCUT2D eigenvalue weighted by Gasteiger charge is -2.25. The summed E-state index contributed by atoms with van der Waals surface area (Å²) in [6.45, 7) is 4.08. The molecule has 3 nitrogen and oxygen atoms in total. The Morgan fingerprint density at radius 1 is 1.25 bits per heavy atom. The normalized spacial score (nSPS) is 18.9. The van der Waals surface area contributed by atoms with Gasteiger partial charge in [-0.3, -0.25) is 0 Å². The first-order valence-electron chi connectivity index (χ1n) is 5.65. The van der Waals surface area contributed by atoms with E-state index in [1.54, 1.807) is 0 Å². The van der Waals surface area contributed by atoms with E-state index >= 15 is 0 Å². The van der Waals surface area contributed by atoms with Gasteiger partial charge in [-0.1, -0.05) is 29.8 Å². The highest BCUT2D eigenvalue weighted by Crippen LogP contribution is 2.24. The maximum Gasteiger partial charge on any atom is 0.124 e. The Morgan fingerprint density at radius 2 is 2.06 bits per heavy atom. The van der Waals surface area contributed by atoms with Gasteiger partial charge in [0, 0.05) is 18.5 Å². The van der Waals surface area contributed by atoms with E-state index in [2.05, 4.69) is 41.6 Å². The zero-order valence-electron chi connectivity index (χ0n) is 9.35. The highest BCUT2D eigenvalue weighted by Gasteiger charge is 2.19. The molecule has 1 N–H and O–H groups in total. The first-order chi connectivity index (χ1) is 7.83. The molecule has 1 aliphatic rings. The Bertz CT molecular complexity index is 484. The molecule has 0 saturated heterocycles. The predicted molar refractivity (Wildman–Crippen MR) is 64.6 cm³/mol. The molecule has 3 rings (SSSR count). The van der Waals surface area contributed by atoms with Crippen molar-refractivity contribution in [1.29, 1.82) is 0 Å². The van der Waals surface area contributed by atoms with Crippen LogP contribution in [0.3, 0.4) is 0 Å². The average molecular weight is 213 g/mol. The van der Waals surface area contributed by atoms with Gasteiger partial charge in [-0.05, 0) is 12.5 Å². The molecular formula is C13H15N3. The molecule has 1 aromatic heterocycles. The smallest absolute Gasteiger partial charge is 0.124 e. The standard InChI is InChI=1S/C13H15N3/c1-10-2-4-11(5-3-10)12-8-14-13-6-7-15-16(13)9-12/h2-7,12,14H,8-9H2,1H3. The van der Waals surface area contributed by atoms with Crippen LogP contribution in [0.15, 0.2) is 36.5 Å². The molecule has 0 bridgehead atoms. The number of aromatic nitrogens is 2. The van der Waals surface area contributed by atoms with Crippen LogP contribution in [-0.4, -0.2) is 16.3 Å². The largest absolute Gasteiger partial charge is 0.370 e. The molecule has 2 heterocycles. The molecule has 2 aromatic rings. The van der Waals surface area contributed by atoms with Crippen molar-refractivity contribution < 1.29 is 0 Å². The second-order valence-electron chi connectivity index (χ2n) is 4.39. The summed E-state index contributed by atoms with van der Waals surface area (Å²) in [5.41, 5.74) is 2.70. The summed E-state index contributed by atoms with van der Waals surface area (Å²) in [5.74, 6) is 1.65. The van der Waals surface area contributed by atoms with E-state index in [1.165, 1.54) is 11.1 Å². The molecule has 0 radical (unpaired) electrons. The highest BCUT2D eigenvalue weighted by molar-refractivity contribution is 5.38. The van der Waals surface area contributed by atoms with Crippen molar-refractivity contribution in [2.45, 2.75) is 19.4 Å². The lowest BCUT2D eigenvalue weighted by Crippen LogP contribution is -2.26. The predicted octanol–water partition coefficient (Wildman–Crippen LogP) is 2.40. The molecule has 82 valence electrons. The van der Waals surface area contributed by atoms with Crippen molar-refractivity contribution in [3.05, 3.63) is 47.7 Å². The van der Waals surface area contributed by atoms with Crippen LogP contribution in [0.1, 0.15) is 17.0 Å². The fraction of sp³-hybridized carbons (Fsp3) is 0.308. The molecule has 0 saturated carbocycles. The number of fused-ring (bicyclic) bond motifs is 1. The maximum absolute atomic E-state index is 4.30. The summed E-state index contributed by atoms with van der Waals surface area (Å²) in [6.07, 6.45) is 1.85. The highest BCUT2D eigenvalue weighted by atomic mass is 15.3. The van der Waals surface area contributed by atoms with Gasteiger partial charge >= 0.3 is 0 Å². The molecule has 1 aromatic carbocycles. The minimum atomic E-state index is 0.521. The summed E-state index contributed by atoms with van der Waals surface area (Å²) >= 11 is 0. The molecule has 1 unspecified atom stereocenters.